The Kier molecular flexibility index (Phi) is 9.15. The van der Waals surface area contributed by atoms with Crippen molar-refractivity contribution in [3.8, 4) is 0 Å². The quantitative estimate of drug-likeness (QED) is 0.301. The van der Waals surface area contributed by atoms with E-state index in [0.29, 0.717) is 17.7 Å². The molecule has 0 heterocycles. The van der Waals surface area contributed by atoms with Crippen LogP contribution in [0.4, 0.5) is 11.4 Å². The number of nitro groups is 1. The lowest BCUT2D eigenvalue weighted by Crippen LogP contribution is -2.41. The molecule has 0 aromatic heterocycles. The highest BCUT2D eigenvalue weighted by Gasteiger charge is 2.11. The number of carbonyl (C=O) groups excluding carboxylic acids is 3. The number of carbonyl (C=O) groups is 3. The summed E-state index contributed by atoms with van der Waals surface area (Å²) in [5.74, 6) is -1.14. The number of rotatable bonds is 10. The first-order chi connectivity index (χ1) is 14.9. The summed E-state index contributed by atoms with van der Waals surface area (Å²) in [7, 11) is 0. The van der Waals surface area contributed by atoms with Gasteiger partial charge < -0.3 is 5.32 Å². The van der Waals surface area contributed by atoms with Crippen molar-refractivity contribution < 1.29 is 19.3 Å². The van der Waals surface area contributed by atoms with E-state index in [0.717, 1.165) is 32.1 Å². The minimum atomic E-state index is -0.540. The fourth-order valence-electron chi connectivity index (χ4n) is 2.79. The molecule has 0 radical (unpaired) electrons. The minimum Gasteiger partial charge on any atom is -0.322 e. The molecule has 9 heteroatoms. The second kappa shape index (κ2) is 12.1. The van der Waals surface area contributed by atoms with Crippen LogP contribution in [0.3, 0.4) is 0 Å². The molecule has 0 atom stereocenters. The summed E-state index contributed by atoms with van der Waals surface area (Å²) in [5.41, 5.74) is 5.70. The van der Waals surface area contributed by atoms with Crippen LogP contribution in [0, 0.1) is 10.1 Å². The van der Waals surface area contributed by atoms with Gasteiger partial charge in [0.05, 0.1) is 4.92 Å². The van der Waals surface area contributed by atoms with Gasteiger partial charge in [-0.15, -0.1) is 0 Å². The van der Waals surface area contributed by atoms with E-state index < -0.39 is 16.7 Å². The second-order valence-corrected chi connectivity index (χ2v) is 7.00. The molecule has 0 saturated heterocycles. The molecule has 0 bridgehead atoms. The Labute approximate surface area is 180 Å². The van der Waals surface area contributed by atoms with Crippen LogP contribution in [-0.4, -0.2) is 22.6 Å². The zero-order chi connectivity index (χ0) is 22.6. The van der Waals surface area contributed by atoms with Crippen LogP contribution < -0.4 is 16.2 Å². The van der Waals surface area contributed by atoms with Crippen molar-refractivity contribution >= 4 is 29.1 Å². The molecule has 0 aliphatic carbocycles. The van der Waals surface area contributed by atoms with Crippen LogP contribution in [0.5, 0.6) is 0 Å². The predicted molar refractivity (Wildman–Crippen MR) is 116 cm³/mol. The molecule has 9 nitrogen and oxygen atoms in total. The first-order valence-corrected chi connectivity index (χ1v) is 10.2. The van der Waals surface area contributed by atoms with Crippen LogP contribution in [0.25, 0.3) is 0 Å². The Hall–Kier alpha value is -3.75. The van der Waals surface area contributed by atoms with E-state index in [1.807, 2.05) is 0 Å². The van der Waals surface area contributed by atoms with E-state index >= 15 is 0 Å². The number of hydrogen-bond acceptors (Lipinski definition) is 5. The maximum absolute atomic E-state index is 12.2. The Morgan fingerprint density at radius 1 is 0.806 bits per heavy atom. The van der Waals surface area contributed by atoms with Gasteiger partial charge in [0.25, 0.3) is 17.5 Å². The number of hydrogen-bond donors (Lipinski definition) is 3. The third-order valence-electron chi connectivity index (χ3n) is 4.57. The molecule has 31 heavy (non-hydrogen) atoms. The van der Waals surface area contributed by atoms with Gasteiger partial charge in [0.15, 0.2) is 0 Å². The van der Waals surface area contributed by atoms with Crippen molar-refractivity contribution in [1.82, 2.24) is 10.9 Å². The van der Waals surface area contributed by atoms with E-state index in [1.54, 1.807) is 12.1 Å². The summed E-state index contributed by atoms with van der Waals surface area (Å²) >= 11 is 0. The highest BCUT2D eigenvalue weighted by molar-refractivity contribution is 6.04. The number of hydrazine groups is 1. The van der Waals surface area contributed by atoms with E-state index in [1.165, 1.54) is 36.4 Å². The van der Waals surface area contributed by atoms with Gasteiger partial charge in [0.2, 0.25) is 5.91 Å². The number of non-ortho nitro benzene ring substituents is 1. The average molecular weight is 426 g/mol. The van der Waals surface area contributed by atoms with Gasteiger partial charge in [-0.25, -0.2) is 0 Å². The molecule has 0 aliphatic rings. The monoisotopic (exact) mass is 426 g/mol. The number of benzene rings is 2. The zero-order valence-electron chi connectivity index (χ0n) is 17.3. The lowest BCUT2D eigenvalue weighted by molar-refractivity contribution is -0.384. The maximum Gasteiger partial charge on any atom is 0.269 e. The Balaban J connectivity index is 1.80. The third kappa shape index (κ3) is 7.88. The molecule has 3 N–H and O–H groups in total. The molecule has 0 saturated carbocycles. The van der Waals surface area contributed by atoms with Gasteiger partial charge >= 0.3 is 0 Å². The van der Waals surface area contributed by atoms with Crippen molar-refractivity contribution in [3.63, 3.8) is 0 Å². The minimum absolute atomic E-state index is 0.101. The Morgan fingerprint density at radius 2 is 1.39 bits per heavy atom. The van der Waals surface area contributed by atoms with E-state index in [2.05, 4.69) is 23.1 Å². The Morgan fingerprint density at radius 3 is 2.00 bits per heavy atom. The van der Waals surface area contributed by atoms with Crippen LogP contribution >= 0.6 is 0 Å². The van der Waals surface area contributed by atoms with Gasteiger partial charge in [-0.1, -0.05) is 32.6 Å². The van der Waals surface area contributed by atoms with Gasteiger partial charge in [-0.05, 0) is 42.8 Å². The number of nitrogens with one attached hydrogen (secondary N) is 3. The second-order valence-electron chi connectivity index (χ2n) is 7.00. The first-order valence-electron chi connectivity index (χ1n) is 10.2. The Bertz CT molecular complexity index is 911. The summed E-state index contributed by atoms with van der Waals surface area (Å²) < 4.78 is 0. The molecule has 2 aromatic carbocycles. The van der Waals surface area contributed by atoms with Crippen LogP contribution in [-0.2, 0) is 4.79 Å². The highest BCUT2D eigenvalue weighted by Crippen LogP contribution is 2.15. The summed E-state index contributed by atoms with van der Waals surface area (Å²) in [5, 5.41) is 13.3. The van der Waals surface area contributed by atoms with Crippen LogP contribution in [0.1, 0.15) is 66.2 Å². The molecule has 0 aliphatic heterocycles. The zero-order valence-corrected chi connectivity index (χ0v) is 17.3. The molecule has 0 unspecified atom stereocenters. The maximum atomic E-state index is 12.2. The molecule has 2 aromatic rings. The number of nitro benzene ring substituents is 1. The van der Waals surface area contributed by atoms with E-state index in [9.17, 15) is 24.5 Å². The van der Waals surface area contributed by atoms with Crippen molar-refractivity contribution in [3.05, 3.63) is 69.8 Å². The van der Waals surface area contributed by atoms with E-state index in [4.69, 9.17) is 0 Å². The lowest BCUT2D eigenvalue weighted by atomic mass is 10.1. The molecule has 3 amide bonds. The predicted octanol–water partition coefficient (Wildman–Crippen LogP) is 3.97. The van der Waals surface area contributed by atoms with Crippen molar-refractivity contribution in [2.24, 2.45) is 0 Å². The number of nitrogens with zero attached hydrogens (tertiary/aromatic N) is 1. The molecule has 164 valence electrons. The molecular weight excluding hydrogens is 400 g/mol. The summed E-state index contributed by atoms with van der Waals surface area (Å²) in [6.45, 7) is 2.13. The summed E-state index contributed by atoms with van der Waals surface area (Å²) in [6, 6.07) is 11.4. The molecule has 0 fully saturated rings. The topological polar surface area (TPSA) is 130 Å². The lowest BCUT2D eigenvalue weighted by Gasteiger charge is -2.09. The molecule has 0 spiro atoms. The van der Waals surface area contributed by atoms with Crippen LogP contribution in [0.15, 0.2) is 48.5 Å². The van der Waals surface area contributed by atoms with Gasteiger partial charge in [0.1, 0.15) is 0 Å². The number of amides is 3. The third-order valence-corrected chi connectivity index (χ3v) is 4.57. The molecular formula is C22H26N4O5. The van der Waals surface area contributed by atoms with Crippen LogP contribution in [0.2, 0.25) is 0 Å². The number of unbranched alkanes of at least 4 members (excludes halogenated alkanes) is 4. The summed E-state index contributed by atoms with van der Waals surface area (Å²) in [4.78, 5) is 46.3. The largest absolute Gasteiger partial charge is 0.322 e. The van der Waals surface area contributed by atoms with Gasteiger partial charge in [-0.2, -0.15) is 0 Å². The fourth-order valence-corrected chi connectivity index (χ4v) is 2.79. The fraction of sp³-hybridized carbons (Fsp3) is 0.318. The smallest absolute Gasteiger partial charge is 0.269 e. The highest BCUT2D eigenvalue weighted by atomic mass is 16.6. The van der Waals surface area contributed by atoms with Gasteiger partial charge in [-0.3, -0.25) is 35.3 Å². The normalized spacial score (nSPS) is 10.2. The molecule has 2 rings (SSSR count). The van der Waals surface area contributed by atoms with Crippen molar-refractivity contribution in [1.29, 1.82) is 0 Å². The van der Waals surface area contributed by atoms with Gasteiger partial charge in [0, 0.05) is 35.4 Å². The van der Waals surface area contributed by atoms with E-state index in [-0.39, 0.29) is 17.2 Å². The first kappa shape index (κ1) is 23.5. The number of anilines is 1. The van der Waals surface area contributed by atoms with Crippen molar-refractivity contribution in [2.45, 2.75) is 45.4 Å². The average Bonchev–Trinajstić information content (AvgIpc) is 2.77. The standard InChI is InChI=1S/C22H26N4O5/c1-2-3-4-5-6-7-20(27)24-25-22(29)17-8-12-18(13-9-17)23-21(28)16-10-14-19(15-11-16)26(30)31/h8-15H,2-7H2,1H3,(H,23,28)(H,24,27)(H,25,29). The van der Waals surface area contributed by atoms with Crippen molar-refractivity contribution in [2.75, 3.05) is 5.32 Å². The SMILES string of the molecule is CCCCCCCC(=O)NNC(=O)c1ccc(NC(=O)c2ccc([N+](=O)[O-])cc2)cc1. The summed E-state index contributed by atoms with van der Waals surface area (Å²) in [6.07, 6.45) is 5.53.